The zero-order valence-electron chi connectivity index (χ0n) is 63.3. The average molecular weight is 1680 g/mol. The van der Waals surface area contributed by atoms with Crippen LogP contribution in [0.2, 0.25) is 15.1 Å². The van der Waals surface area contributed by atoms with Crippen LogP contribution >= 0.6 is 34.8 Å². The summed E-state index contributed by atoms with van der Waals surface area (Å²) in [6, 6.07) is 6.63. The summed E-state index contributed by atoms with van der Waals surface area (Å²) in [6.07, 6.45) is -15.6. The molecular formula is C79H88Cl3N11O24. The van der Waals surface area contributed by atoms with Gasteiger partial charge in [0.15, 0.2) is 29.9 Å². The summed E-state index contributed by atoms with van der Waals surface area (Å²) < 4.78 is 39.5. The SMILES string of the molecule is CN[C@H](CC(C)C)C(=O)N[C@H]1C(=O)N[C@@H](CC(N)=O)C(=O)N[C@H]2C(=O)N[C@H]3C(=O)N[C@H](C(=O)N[C@H](C(=O)O)c4cc(O)cc(O)c4-c4cc3ccc4O)[C@H](O)c3ccc(c(Cl)c3)Oc3cc2cc(c3OC2OC(CO)C(O)C(O)C2OC2CC(C)(NCCCCNc3ccnc4cc(Cl)ccc34)C(O)C(C)O2)Oc2ccc(cc2Cl)[C@H]1O. The summed E-state index contributed by atoms with van der Waals surface area (Å²) in [7, 11) is 1.48. The van der Waals surface area contributed by atoms with E-state index in [4.69, 9.17) is 69.0 Å². The van der Waals surface area contributed by atoms with Gasteiger partial charge in [-0.25, -0.2) is 4.79 Å². The molecule has 0 radical (unpaired) electrons. The van der Waals surface area contributed by atoms with Crippen molar-refractivity contribution in [2.75, 3.05) is 32.1 Å². The van der Waals surface area contributed by atoms with Gasteiger partial charge in [0.25, 0.3) is 0 Å². The number of pyridine rings is 1. The van der Waals surface area contributed by atoms with Gasteiger partial charge in [0.2, 0.25) is 53.4 Å². The number of benzene rings is 6. The summed E-state index contributed by atoms with van der Waals surface area (Å²) in [6.45, 7) is 6.89. The van der Waals surface area contributed by atoms with Crippen LogP contribution in [-0.4, -0.2) is 209 Å². The maximum Gasteiger partial charge on any atom is 0.330 e. The van der Waals surface area contributed by atoms with Crippen LogP contribution in [0.15, 0.2) is 109 Å². The Balaban J connectivity index is 1.01. The Morgan fingerprint density at radius 3 is 2.00 bits per heavy atom. The molecule has 38 heteroatoms. The Morgan fingerprint density at radius 2 is 1.35 bits per heavy atom. The van der Waals surface area contributed by atoms with Crippen LogP contribution in [0, 0.1) is 5.92 Å². The molecule has 35 nitrogen and oxygen atoms in total. The number of carboxylic acid groups (broad SMARTS) is 1. The third-order valence-corrected chi connectivity index (χ3v) is 21.7. The number of anilines is 1. The topological polar surface area (TPSA) is 541 Å². The number of aliphatic hydroxyl groups excluding tert-OH is 6. The number of rotatable bonds is 20. The first-order valence-electron chi connectivity index (χ1n) is 37.3. The molecule has 7 amide bonds. The lowest BCUT2D eigenvalue weighted by atomic mass is 9.85. The third kappa shape index (κ3) is 18.9. The maximum atomic E-state index is 16.2. The van der Waals surface area contributed by atoms with E-state index in [1.165, 1.54) is 19.2 Å². The van der Waals surface area contributed by atoms with Crippen LogP contribution in [0.25, 0.3) is 22.0 Å². The molecule has 7 aromatic rings. The fourth-order valence-corrected chi connectivity index (χ4v) is 15.4. The number of hydrogen-bond donors (Lipinski definition) is 20. The number of unbranched alkanes of at least 4 members (excludes halogenated alkanes) is 1. The number of likely N-dealkylation sites (N-methyl/N-ethyl adjacent to an activating group) is 1. The number of halogens is 3. The van der Waals surface area contributed by atoms with E-state index >= 15 is 14.4 Å². The number of carboxylic acids is 1. The maximum absolute atomic E-state index is 16.2. The van der Waals surface area contributed by atoms with Crippen LogP contribution in [0.5, 0.6) is 46.0 Å². The molecule has 1 aromatic heterocycles. The standard InChI is InChI=1S/C79H88Cl3N11O24/c1-32(2)20-47(84-5)71(104)92-62-64(99)35-9-14-51(43(81)22-35)113-53-24-37-25-54(68(53)117-78-69(67(102)66(101)55(31-94)115-78)116-57-30-79(4,70(103)33(3)112-57)87-18-7-6-17-85-45-16-19-86-46-26-38(80)11-12-40(45)46)114-52-15-10-36(23-44(52)82)65(100)63-76(109)91-61(77(110)111)42-27-39(95)28-50(97)58(42)41-21-34(8-13-49(41)96)59(73(106)93-63)90-74(107)60(37)89-72(105)48(29-56(83)98)88-75(62)108/h8-16,19,21-28,32-33,47-48,55,57,59-67,69-70,78,84,87,94-97,99-103H,6-7,17-18,20,29-31H2,1-5H3,(H2,83,98)(H,85,86)(H,88,108)(H,89,105)(H,90,107)(H,91,109)(H,92,104)(H,93,106)(H,110,111)/t33?,47-,48+,55?,57?,59-,60-,61+,62-,63+,64-,65-,66?,67?,69?,70?,78?,79?/m1/s1. The number of nitrogens with one attached hydrogen (secondary N) is 9. The molecule has 11 bridgehead atoms. The number of phenols is 3. The lowest BCUT2D eigenvalue weighted by molar-refractivity contribution is -0.334. The molecular weight excluding hydrogens is 1590 g/mol. The number of fused-ring (bicyclic) bond motifs is 16. The Hall–Kier alpha value is -10.5. The molecule has 9 unspecified atom stereocenters. The number of hydrogen-bond acceptors (Lipinski definition) is 27. The second-order valence-corrected chi connectivity index (χ2v) is 31.0. The highest BCUT2D eigenvalue weighted by molar-refractivity contribution is 6.32. The summed E-state index contributed by atoms with van der Waals surface area (Å²) in [5.74, 6) is -16.0. The summed E-state index contributed by atoms with van der Waals surface area (Å²) in [4.78, 5) is 122. The number of carbonyl (C=O) groups is 8. The molecule has 0 saturated carbocycles. The minimum absolute atomic E-state index is 0.107. The van der Waals surface area contributed by atoms with Crippen LogP contribution in [-0.2, 0) is 52.6 Å². The molecule has 18 atom stereocenters. The van der Waals surface area contributed by atoms with E-state index in [9.17, 15) is 75.0 Å². The summed E-state index contributed by atoms with van der Waals surface area (Å²) >= 11 is 20.5. The fourth-order valence-electron chi connectivity index (χ4n) is 14.8. The van der Waals surface area contributed by atoms with Crippen LogP contribution in [0.4, 0.5) is 5.69 Å². The molecule has 14 rings (SSSR count). The fraction of sp³-hybridized carbons (Fsp3) is 0.405. The van der Waals surface area contributed by atoms with E-state index < -0.39 is 237 Å². The van der Waals surface area contributed by atoms with Crippen molar-refractivity contribution in [3.8, 4) is 57.1 Å². The van der Waals surface area contributed by atoms with Gasteiger partial charge in [-0.2, -0.15) is 0 Å². The van der Waals surface area contributed by atoms with E-state index in [2.05, 4.69) is 52.8 Å². The molecule has 0 aliphatic carbocycles. The second kappa shape index (κ2) is 36.2. The number of aliphatic hydroxyl groups is 6. The molecule has 8 heterocycles. The van der Waals surface area contributed by atoms with Gasteiger partial charge in [-0.05, 0) is 154 Å². The Kier molecular flexibility index (Phi) is 26.5. The molecule has 7 aliphatic heterocycles. The predicted octanol–water partition coefficient (Wildman–Crippen LogP) is 3.83. The van der Waals surface area contributed by atoms with Crippen molar-refractivity contribution in [1.82, 2.24) is 47.5 Å². The zero-order chi connectivity index (χ0) is 84.3. The minimum atomic E-state index is -2.36. The highest BCUT2D eigenvalue weighted by atomic mass is 35.5. The zero-order valence-corrected chi connectivity index (χ0v) is 65.6. The van der Waals surface area contributed by atoms with E-state index in [1.807, 2.05) is 26.0 Å². The second-order valence-electron chi connectivity index (χ2n) is 29.7. The number of nitrogens with two attached hydrogens (primary N) is 1. The molecule has 7 aliphatic rings. The number of amides is 7. The van der Waals surface area contributed by atoms with Gasteiger partial charge in [0, 0.05) is 63.6 Å². The van der Waals surface area contributed by atoms with Crippen molar-refractivity contribution in [3.63, 3.8) is 0 Å². The van der Waals surface area contributed by atoms with E-state index in [1.54, 1.807) is 32.2 Å². The van der Waals surface area contributed by atoms with E-state index in [0.29, 0.717) is 36.5 Å². The van der Waals surface area contributed by atoms with Crippen LogP contribution in [0.1, 0.15) is 118 Å². The molecule has 21 N–H and O–H groups in total. The molecule has 2 saturated heterocycles. The number of phenolic OH excluding ortho intramolecular Hbond substituents is 3. The first-order valence-corrected chi connectivity index (χ1v) is 38.5. The molecule has 0 spiro atoms. The number of nitrogens with zero attached hydrogens (tertiary/aromatic N) is 1. The summed E-state index contributed by atoms with van der Waals surface area (Å²) in [5.41, 5.74) is 3.31. The van der Waals surface area contributed by atoms with Crippen molar-refractivity contribution in [2.24, 2.45) is 11.7 Å². The Labute approximate surface area is 682 Å². The molecule has 6 aromatic carbocycles. The van der Waals surface area contributed by atoms with Gasteiger partial charge in [0.1, 0.15) is 89.5 Å². The van der Waals surface area contributed by atoms with Gasteiger partial charge in [0.05, 0.1) is 46.8 Å². The highest BCUT2D eigenvalue weighted by Crippen LogP contribution is 2.50. The molecule has 624 valence electrons. The number of aliphatic carboxylic acids is 1. The van der Waals surface area contributed by atoms with Crippen molar-refractivity contribution in [1.29, 1.82) is 0 Å². The quantitative estimate of drug-likeness (QED) is 0.0482. The smallest absolute Gasteiger partial charge is 0.330 e. The Bertz CT molecular complexity index is 4970. The van der Waals surface area contributed by atoms with Crippen LogP contribution < -0.4 is 67.8 Å². The predicted molar refractivity (Wildman–Crippen MR) is 418 cm³/mol. The van der Waals surface area contributed by atoms with Crippen molar-refractivity contribution in [3.05, 3.63) is 152 Å². The normalized spacial score (nSPS) is 27.0. The van der Waals surface area contributed by atoms with E-state index in [-0.39, 0.29) is 46.2 Å². The average Bonchev–Trinajstić information content (AvgIpc) is 0.737. The minimum Gasteiger partial charge on any atom is -0.508 e. The van der Waals surface area contributed by atoms with Gasteiger partial charge in [-0.15, -0.1) is 0 Å². The largest absolute Gasteiger partial charge is 0.508 e. The number of aromatic hydroxyl groups is 3. The van der Waals surface area contributed by atoms with Gasteiger partial charge in [-0.1, -0.05) is 66.8 Å². The van der Waals surface area contributed by atoms with Crippen molar-refractivity contribution in [2.45, 2.75) is 169 Å². The third-order valence-electron chi connectivity index (χ3n) is 20.9. The van der Waals surface area contributed by atoms with Gasteiger partial charge >= 0.3 is 5.97 Å². The number of ether oxygens (including phenoxy) is 6. The number of primary amides is 1. The van der Waals surface area contributed by atoms with Gasteiger partial charge < -0.3 is 133 Å². The monoisotopic (exact) mass is 1680 g/mol. The summed E-state index contributed by atoms with van der Waals surface area (Å²) in [5, 5.41) is 141. The van der Waals surface area contributed by atoms with Crippen molar-refractivity contribution >= 4 is 98.7 Å². The van der Waals surface area contributed by atoms with Crippen LogP contribution in [0.3, 0.4) is 0 Å². The van der Waals surface area contributed by atoms with E-state index in [0.717, 1.165) is 77.8 Å². The van der Waals surface area contributed by atoms with Crippen molar-refractivity contribution < 1.29 is 118 Å². The van der Waals surface area contributed by atoms with Gasteiger partial charge in [-0.3, -0.25) is 38.5 Å². The highest BCUT2D eigenvalue weighted by Gasteiger charge is 2.52. The molecule has 2 fully saturated rings. The first-order chi connectivity index (χ1) is 55.6. The Morgan fingerprint density at radius 1 is 0.701 bits per heavy atom. The number of aromatic nitrogens is 1. The lowest BCUT2D eigenvalue weighted by Gasteiger charge is -2.48. The lowest BCUT2D eigenvalue weighted by Crippen LogP contribution is -2.65. The first kappa shape index (κ1) is 85.9. The molecule has 117 heavy (non-hydrogen) atoms. The number of carbonyl (C=O) groups excluding carboxylic acids is 7.